The molecule has 152 valence electrons. The van der Waals surface area contributed by atoms with Gasteiger partial charge in [-0.25, -0.2) is 9.78 Å². The maximum absolute atomic E-state index is 13.0. The number of nitrogens with zero attached hydrogens (tertiary/aromatic N) is 2. The van der Waals surface area contributed by atoms with Crippen LogP contribution in [0.1, 0.15) is 39.8 Å². The molecule has 1 aliphatic carbocycles. The van der Waals surface area contributed by atoms with Crippen molar-refractivity contribution in [3.63, 3.8) is 0 Å². The molecule has 0 bridgehead atoms. The van der Waals surface area contributed by atoms with Crippen LogP contribution in [-0.2, 0) is 23.0 Å². The molecular formula is C23H21N3O4. The second-order valence-corrected chi connectivity index (χ2v) is 7.75. The first-order valence-corrected chi connectivity index (χ1v) is 9.84. The van der Waals surface area contributed by atoms with Gasteiger partial charge in [0, 0.05) is 12.6 Å². The van der Waals surface area contributed by atoms with Crippen molar-refractivity contribution in [2.24, 2.45) is 12.8 Å². The number of esters is 1. The number of benzene rings is 2. The summed E-state index contributed by atoms with van der Waals surface area (Å²) in [6, 6.07) is 11.8. The van der Waals surface area contributed by atoms with Gasteiger partial charge in [-0.1, -0.05) is 30.3 Å². The van der Waals surface area contributed by atoms with Gasteiger partial charge >= 0.3 is 5.97 Å². The summed E-state index contributed by atoms with van der Waals surface area (Å²) in [5, 5.41) is 0. The molecule has 2 heterocycles. The van der Waals surface area contributed by atoms with E-state index < -0.39 is 17.5 Å². The fourth-order valence-electron chi connectivity index (χ4n) is 3.95. The van der Waals surface area contributed by atoms with E-state index in [1.54, 1.807) is 6.07 Å². The van der Waals surface area contributed by atoms with Crippen molar-refractivity contribution in [2.75, 3.05) is 0 Å². The maximum Gasteiger partial charge on any atom is 0.340 e. The van der Waals surface area contributed by atoms with E-state index in [2.05, 4.69) is 4.98 Å². The predicted octanol–water partition coefficient (Wildman–Crippen LogP) is 2.90. The molecule has 5 rings (SSSR count). The largest absolute Gasteiger partial charge is 0.483 e. The number of fused-ring (bicyclic) bond motifs is 3. The molecule has 0 saturated heterocycles. The van der Waals surface area contributed by atoms with Crippen molar-refractivity contribution in [3.8, 4) is 5.75 Å². The van der Waals surface area contributed by atoms with Gasteiger partial charge in [0.1, 0.15) is 17.4 Å². The Morgan fingerprint density at radius 3 is 2.67 bits per heavy atom. The van der Waals surface area contributed by atoms with Gasteiger partial charge < -0.3 is 19.8 Å². The molecule has 1 atom stereocenters. The number of rotatable bonds is 4. The topological polar surface area (TPSA) is 96.4 Å². The fourth-order valence-corrected chi connectivity index (χ4v) is 3.95. The third kappa shape index (κ3) is 2.77. The molecular weight excluding hydrogens is 382 g/mol. The van der Waals surface area contributed by atoms with Crippen LogP contribution in [0.15, 0.2) is 48.6 Å². The average molecular weight is 403 g/mol. The minimum Gasteiger partial charge on any atom is -0.483 e. The van der Waals surface area contributed by atoms with E-state index in [0.29, 0.717) is 24.2 Å². The summed E-state index contributed by atoms with van der Waals surface area (Å²) in [6.07, 6.45) is 4.18. The number of carbonyl (C=O) groups is 2. The van der Waals surface area contributed by atoms with Crippen molar-refractivity contribution < 1.29 is 19.1 Å². The molecule has 7 nitrogen and oxygen atoms in total. The molecule has 30 heavy (non-hydrogen) atoms. The standard InChI is InChI=1S/C23H21N3O4/c1-13-25-19-17(26(13)2)12-16(21(27)30-23(10-11-23)22(24)28)15-8-9-18(29-20(15)19)14-6-4-3-5-7-14/h3-7,10-12,18H,8-9H2,1-2H3,(H2,24,28). The summed E-state index contributed by atoms with van der Waals surface area (Å²) in [4.78, 5) is 29.4. The number of hydrogen-bond acceptors (Lipinski definition) is 5. The number of aromatic nitrogens is 2. The van der Waals surface area contributed by atoms with Crippen LogP contribution in [0.25, 0.3) is 11.0 Å². The van der Waals surface area contributed by atoms with Gasteiger partial charge in [-0.2, -0.15) is 0 Å². The smallest absolute Gasteiger partial charge is 0.340 e. The molecule has 1 unspecified atom stereocenters. The van der Waals surface area contributed by atoms with E-state index in [0.717, 1.165) is 28.0 Å². The summed E-state index contributed by atoms with van der Waals surface area (Å²) in [5.41, 5.74) is 7.65. The zero-order valence-corrected chi connectivity index (χ0v) is 16.7. The maximum atomic E-state index is 13.0. The van der Waals surface area contributed by atoms with Crippen LogP contribution in [0, 0.1) is 6.92 Å². The molecule has 3 aromatic rings. The van der Waals surface area contributed by atoms with Crippen molar-refractivity contribution in [3.05, 3.63) is 71.1 Å². The SMILES string of the molecule is Cc1nc2c3c(c(C(=O)OC4(C(N)=O)C=C4)cc2n1C)CCC(c1ccccc1)O3. The minimum absolute atomic E-state index is 0.127. The summed E-state index contributed by atoms with van der Waals surface area (Å²) < 4.78 is 13.8. The number of aryl methyl sites for hydroxylation is 2. The number of carbonyl (C=O) groups excluding carboxylic acids is 2. The zero-order chi connectivity index (χ0) is 21.0. The number of imidazole rings is 1. The van der Waals surface area contributed by atoms with E-state index in [9.17, 15) is 9.59 Å². The lowest BCUT2D eigenvalue weighted by atomic mass is 9.93. The Balaban J connectivity index is 1.61. The van der Waals surface area contributed by atoms with Gasteiger partial charge in [0.15, 0.2) is 5.75 Å². The molecule has 7 heteroatoms. The van der Waals surface area contributed by atoms with Gasteiger partial charge in [-0.15, -0.1) is 0 Å². The molecule has 2 aromatic carbocycles. The van der Waals surface area contributed by atoms with Crippen LogP contribution in [-0.4, -0.2) is 27.0 Å². The lowest BCUT2D eigenvalue weighted by Gasteiger charge is -2.28. The molecule has 1 aromatic heterocycles. The minimum atomic E-state index is -1.41. The third-order valence-corrected chi connectivity index (χ3v) is 5.88. The number of amides is 1. The molecule has 0 fully saturated rings. The Hall–Kier alpha value is -3.61. The number of nitrogens with two attached hydrogens (primary N) is 1. The van der Waals surface area contributed by atoms with Crippen molar-refractivity contribution in [2.45, 2.75) is 31.5 Å². The summed E-state index contributed by atoms with van der Waals surface area (Å²) in [6.45, 7) is 1.90. The second kappa shape index (κ2) is 6.45. The van der Waals surface area contributed by atoms with Gasteiger partial charge in [0.05, 0.1) is 11.1 Å². The molecule has 0 spiro atoms. The van der Waals surface area contributed by atoms with E-state index in [1.165, 1.54) is 12.2 Å². The first-order valence-electron chi connectivity index (χ1n) is 9.84. The van der Waals surface area contributed by atoms with Gasteiger partial charge in [0.2, 0.25) is 5.60 Å². The van der Waals surface area contributed by atoms with Gasteiger partial charge in [-0.05, 0) is 43.5 Å². The number of primary amides is 1. The Morgan fingerprint density at radius 2 is 2.00 bits per heavy atom. The highest BCUT2D eigenvalue weighted by molar-refractivity contribution is 6.02. The zero-order valence-electron chi connectivity index (χ0n) is 16.7. The molecule has 1 aliphatic heterocycles. The van der Waals surface area contributed by atoms with Crippen molar-refractivity contribution in [1.29, 1.82) is 0 Å². The molecule has 0 radical (unpaired) electrons. The number of ether oxygens (including phenoxy) is 2. The first kappa shape index (κ1) is 18.4. The first-order chi connectivity index (χ1) is 14.4. The predicted molar refractivity (Wildman–Crippen MR) is 110 cm³/mol. The Labute approximate surface area is 173 Å². The van der Waals surface area contributed by atoms with Crippen LogP contribution >= 0.6 is 0 Å². The van der Waals surface area contributed by atoms with Crippen molar-refractivity contribution in [1.82, 2.24) is 9.55 Å². The molecule has 1 amide bonds. The normalized spacial score (nSPS) is 18.5. The molecule has 0 saturated carbocycles. The molecule has 2 N–H and O–H groups in total. The lowest BCUT2D eigenvalue weighted by Crippen LogP contribution is -2.37. The van der Waals surface area contributed by atoms with Crippen LogP contribution in [0.4, 0.5) is 0 Å². The third-order valence-electron chi connectivity index (χ3n) is 5.88. The highest BCUT2D eigenvalue weighted by atomic mass is 16.6. The summed E-state index contributed by atoms with van der Waals surface area (Å²) in [7, 11) is 1.89. The Bertz CT molecular complexity index is 1220. The number of hydrogen-bond donors (Lipinski definition) is 1. The van der Waals surface area contributed by atoms with E-state index in [4.69, 9.17) is 15.2 Å². The van der Waals surface area contributed by atoms with E-state index in [1.807, 2.05) is 48.9 Å². The summed E-state index contributed by atoms with van der Waals surface area (Å²) >= 11 is 0. The second-order valence-electron chi connectivity index (χ2n) is 7.75. The fraction of sp³-hybridized carbons (Fsp3) is 0.261. The average Bonchev–Trinajstić information content (AvgIpc) is 3.48. The van der Waals surface area contributed by atoms with Crippen molar-refractivity contribution >= 4 is 22.9 Å². The highest BCUT2D eigenvalue weighted by Crippen LogP contribution is 2.42. The quantitative estimate of drug-likeness (QED) is 0.534. The van der Waals surface area contributed by atoms with Crippen LogP contribution in [0.3, 0.4) is 0 Å². The van der Waals surface area contributed by atoms with Gasteiger partial charge in [0.25, 0.3) is 5.91 Å². The monoisotopic (exact) mass is 403 g/mol. The van der Waals surface area contributed by atoms with E-state index in [-0.39, 0.29) is 6.10 Å². The Kier molecular flexibility index (Phi) is 3.96. The summed E-state index contributed by atoms with van der Waals surface area (Å²) in [5.74, 6) is 0.0980. The highest BCUT2D eigenvalue weighted by Gasteiger charge is 2.46. The van der Waals surface area contributed by atoms with Crippen LogP contribution in [0.2, 0.25) is 0 Å². The van der Waals surface area contributed by atoms with Crippen LogP contribution < -0.4 is 10.5 Å². The Morgan fingerprint density at radius 1 is 1.27 bits per heavy atom. The van der Waals surface area contributed by atoms with E-state index >= 15 is 0 Å². The lowest BCUT2D eigenvalue weighted by molar-refractivity contribution is -0.127. The molecule has 2 aliphatic rings. The van der Waals surface area contributed by atoms with Gasteiger partial charge in [-0.3, -0.25) is 4.79 Å². The van der Waals surface area contributed by atoms with Crippen LogP contribution in [0.5, 0.6) is 5.75 Å².